The van der Waals surface area contributed by atoms with E-state index in [0.29, 0.717) is 5.75 Å². The van der Waals surface area contributed by atoms with Crippen molar-refractivity contribution in [2.24, 2.45) is 0 Å². The van der Waals surface area contributed by atoms with Crippen LogP contribution in [0.3, 0.4) is 0 Å². The molecule has 1 N–H and O–H groups in total. The van der Waals surface area contributed by atoms with E-state index in [0.717, 1.165) is 41.0 Å². The van der Waals surface area contributed by atoms with Crippen LogP contribution in [0.15, 0.2) is 48.5 Å². The lowest BCUT2D eigenvalue weighted by atomic mass is 10.1. The van der Waals surface area contributed by atoms with E-state index in [2.05, 4.69) is 39.0 Å². The van der Waals surface area contributed by atoms with Gasteiger partial charge in [0.1, 0.15) is 11.4 Å². The molecule has 0 atom stereocenters. The van der Waals surface area contributed by atoms with E-state index < -0.39 is 0 Å². The van der Waals surface area contributed by atoms with Crippen LogP contribution in [0.1, 0.15) is 30.2 Å². The first-order valence-electron chi connectivity index (χ1n) is 8.05. The summed E-state index contributed by atoms with van der Waals surface area (Å²) < 4.78 is 1.88. The Hall–Kier alpha value is -2.55. The molecule has 0 radical (unpaired) electrons. The molecule has 1 heterocycles. The fourth-order valence-electron chi connectivity index (χ4n) is 2.81. The Kier molecular flexibility index (Phi) is 4.20. The van der Waals surface area contributed by atoms with Gasteiger partial charge >= 0.3 is 0 Å². The molecule has 3 rings (SSSR count). The largest absolute Gasteiger partial charge is 0.504 e. The lowest BCUT2D eigenvalue weighted by molar-refractivity contribution is 0.469. The second kappa shape index (κ2) is 6.29. The summed E-state index contributed by atoms with van der Waals surface area (Å²) in [7, 11) is 0. The van der Waals surface area contributed by atoms with Crippen molar-refractivity contribution >= 4 is 0 Å². The highest BCUT2D eigenvalue weighted by Gasteiger charge is 2.20. The Balaban J connectivity index is 2.24. The average Bonchev–Trinajstić information content (AvgIpc) is 2.86. The van der Waals surface area contributed by atoms with Crippen molar-refractivity contribution in [2.75, 3.05) is 0 Å². The summed E-state index contributed by atoms with van der Waals surface area (Å²) in [6.07, 6.45) is 1.72. The third-order valence-electron chi connectivity index (χ3n) is 4.09. The number of nitrogens with zero attached hydrogens (tertiary/aromatic N) is 2. The van der Waals surface area contributed by atoms with E-state index >= 15 is 0 Å². The van der Waals surface area contributed by atoms with E-state index in [1.807, 2.05) is 35.0 Å². The number of aryl methyl sites for hydroxylation is 3. The predicted molar refractivity (Wildman–Crippen MR) is 94.1 cm³/mol. The van der Waals surface area contributed by atoms with Gasteiger partial charge in [-0.15, -0.1) is 0 Å². The molecule has 0 aliphatic carbocycles. The van der Waals surface area contributed by atoms with E-state index in [4.69, 9.17) is 5.10 Å². The van der Waals surface area contributed by atoms with Crippen molar-refractivity contribution in [1.82, 2.24) is 9.78 Å². The molecule has 0 spiro atoms. The van der Waals surface area contributed by atoms with Crippen molar-refractivity contribution in [3.63, 3.8) is 0 Å². The number of para-hydroxylation sites is 1. The van der Waals surface area contributed by atoms with Gasteiger partial charge in [0.2, 0.25) is 0 Å². The molecule has 0 aliphatic heterocycles. The molecule has 0 fully saturated rings. The molecule has 0 bridgehead atoms. The van der Waals surface area contributed by atoms with Gasteiger partial charge in [0.05, 0.1) is 5.69 Å². The van der Waals surface area contributed by atoms with Gasteiger partial charge in [0, 0.05) is 5.56 Å². The van der Waals surface area contributed by atoms with Crippen LogP contribution in [-0.2, 0) is 6.42 Å². The molecule has 0 unspecified atom stereocenters. The molecule has 0 amide bonds. The number of aromatic hydroxyl groups is 1. The number of hydrogen-bond donors (Lipinski definition) is 1. The minimum absolute atomic E-state index is 0.291. The van der Waals surface area contributed by atoms with Gasteiger partial charge in [-0.1, -0.05) is 61.4 Å². The van der Waals surface area contributed by atoms with Crippen LogP contribution in [0.5, 0.6) is 5.75 Å². The topological polar surface area (TPSA) is 38.0 Å². The predicted octanol–water partition coefficient (Wildman–Crippen LogP) is 4.81. The molecule has 0 aliphatic rings. The first kappa shape index (κ1) is 15.3. The zero-order valence-electron chi connectivity index (χ0n) is 13.9. The summed E-state index contributed by atoms with van der Waals surface area (Å²) in [4.78, 5) is 0. The number of hydrogen-bond acceptors (Lipinski definition) is 2. The third-order valence-corrected chi connectivity index (χ3v) is 4.09. The summed E-state index contributed by atoms with van der Waals surface area (Å²) in [6.45, 7) is 6.22. The van der Waals surface area contributed by atoms with Gasteiger partial charge in [-0.25, -0.2) is 4.68 Å². The van der Waals surface area contributed by atoms with Crippen LogP contribution in [0.4, 0.5) is 0 Å². The van der Waals surface area contributed by atoms with Gasteiger partial charge < -0.3 is 5.11 Å². The van der Waals surface area contributed by atoms with Crippen LogP contribution < -0.4 is 0 Å². The summed E-state index contributed by atoms with van der Waals surface area (Å²) in [5, 5.41) is 15.4. The molecule has 3 heteroatoms. The molecule has 0 saturated heterocycles. The highest BCUT2D eigenvalue weighted by atomic mass is 16.3. The first-order chi connectivity index (χ1) is 11.1. The molecule has 118 valence electrons. The fraction of sp³-hybridized carbons (Fsp3) is 0.250. The highest BCUT2D eigenvalue weighted by molar-refractivity contribution is 5.70. The van der Waals surface area contributed by atoms with Crippen LogP contribution in [0.25, 0.3) is 16.9 Å². The Bertz CT molecular complexity index is 816. The average molecular weight is 306 g/mol. The van der Waals surface area contributed by atoms with E-state index in [9.17, 15) is 5.11 Å². The number of benzene rings is 2. The second-order valence-corrected chi connectivity index (χ2v) is 5.96. The summed E-state index contributed by atoms with van der Waals surface area (Å²) in [5.74, 6) is 0.291. The Labute approximate surface area is 137 Å². The van der Waals surface area contributed by atoms with Gasteiger partial charge in [0.25, 0.3) is 0 Å². The fourth-order valence-corrected chi connectivity index (χ4v) is 2.81. The summed E-state index contributed by atoms with van der Waals surface area (Å²) in [6, 6.07) is 16.3. The quantitative estimate of drug-likeness (QED) is 0.751. The standard InChI is InChI=1S/C20H22N2O/c1-4-7-17-20(23)19(16-12-10-14(2)11-13-16)22(21-17)18-9-6-5-8-15(18)3/h5-6,8-13,23H,4,7H2,1-3H3. The summed E-state index contributed by atoms with van der Waals surface area (Å²) >= 11 is 0. The zero-order valence-corrected chi connectivity index (χ0v) is 13.9. The SMILES string of the molecule is CCCc1nn(-c2ccccc2C)c(-c2ccc(C)cc2)c1O. The second-order valence-electron chi connectivity index (χ2n) is 5.96. The molecule has 3 nitrogen and oxygen atoms in total. The molecular weight excluding hydrogens is 284 g/mol. The molecule has 23 heavy (non-hydrogen) atoms. The van der Waals surface area contributed by atoms with Gasteiger partial charge in [-0.3, -0.25) is 0 Å². The van der Waals surface area contributed by atoms with Crippen molar-refractivity contribution < 1.29 is 5.11 Å². The van der Waals surface area contributed by atoms with Gasteiger partial charge in [-0.2, -0.15) is 5.10 Å². The minimum Gasteiger partial charge on any atom is -0.504 e. The van der Waals surface area contributed by atoms with Crippen LogP contribution in [-0.4, -0.2) is 14.9 Å². The lowest BCUT2D eigenvalue weighted by Crippen LogP contribution is -2.02. The van der Waals surface area contributed by atoms with Crippen molar-refractivity contribution in [3.05, 3.63) is 65.4 Å². The van der Waals surface area contributed by atoms with Crippen molar-refractivity contribution in [1.29, 1.82) is 0 Å². The van der Waals surface area contributed by atoms with Crippen molar-refractivity contribution in [3.8, 4) is 22.7 Å². The molecule has 3 aromatic rings. The zero-order chi connectivity index (χ0) is 16.4. The lowest BCUT2D eigenvalue weighted by Gasteiger charge is -2.10. The third kappa shape index (κ3) is 2.87. The minimum atomic E-state index is 0.291. The van der Waals surface area contributed by atoms with E-state index in [1.165, 1.54) is 5.56 Å². The summed E-state index contributed by atoms with van der Waals surface area (Å²) in [5.41, 5.74) is 5.83. The number of rotatable bonds is 4. The smallest absolute Gasteiger partial charge is 0.165 e. The maximum Gasteiger partial charge on any atom is 0.165 e. The Morgan fingerprint density at radius 3 is 2.35 bits per heavy atom. The van der Waals surface area contributed by atoms with Crippen LogP contribution >= 0.6 is 0 Å². The highest BCUT2D eigenvalue weighted by Crippen LogP contribution is 2.35. The Morgan fingerprint density at radius 2 is 1.70 bits per heavy atom. The molecule has 1 aromatic heterocycles. The van der Waals surface area contributed by atoms with Crippen molar-refractivity contribution in [2.45, 2.75) is 33.6 Å². The van der Waals surface area contributed by atoms with Crippen LogP contribution in [0, 0.1) is 13.8 Å². The maximum absolute atomic E-state index is 10.7. The van der Waals surface area contributed by atoms with E-state index in [1.54, 1.807) is 0 Å². The maximum atomic E-state index is 10.7. The van der Waals surface area contributed by atoms with Crippen LogP contribution in [0.2, 0.25) is 0 Å². The van der Waals surface area contributed by atoms with Gasteiger partial charge in [-0.05, 0) is 31.9 Å². The molecular formula is C20H22N2O. The Morgan fingerprint density at radius 1 is 1.00 bits per heavy atom. The molecule has 2 aromatic carbocycles. The monoisotopic (exact) mass is 306 g/mol. The normalized spacial score (nSPS) is 10.9. The van der Waals surface area contributed by atoms with E-state index in [-0.39, 0.29) is 0 Å². The molecule has 0 saturated carbocycles. The van der Waals surface area contributed by atoms with Gasteiger partial charge in [0.15, 0.2) is 5.75 Å². The number of aromatic nitrogens is 2. The first-order valence-corrected chi connectivity index (χ1v) is 8.05.